The van der Waals surface area contributed by atoms with Gasteiger partial charge < -0.3 is 0 Å². The second-order valence-corrected chi connectivity index (χ2v) is 24.1. The molecule has 1 nitrogen and oxygen atoms in total. The normalized spacial score (nSPS) is 12.2. The van der Waals surface area contributed by atoms with Gasteiger partial charge in [-0.15, -0.1) is 0 Å². The number of benzene rings is 3. The Bertz CT molecular complexity index is 1210. The van der Waals surface area contributed by atoms with Crippen LogP contribution in [0.1, 0.15) is 76.0 Å². The summed E-state index contributed by atoms with van der Waals surface area (Å²) in [5.41, 5.74) is 8.16. The van der Waals surface area contributed by atoms with Crippen LogP contribution in [0.3, 0.4) is 0 Å². The summed E-state index contributed by atoms with van der Waals surface area (Å²) in [6, 6.07) is 21.4. The third-order valence-corrected chi connectivity index (χ3v) is 24.2. The van der Waals surface area contributed by atoms with Crippen LogP contribution in [0.2, 0.25) is 13.3 Å². The molecule has 0 N–H and O–H groups in total. The first kappa shape index (κ1) is 26.3. The van der Waals surface area contributed by atoms with Crippen molar-refractivity contribution in [3.8, 4) is 5.69 Å². The molecule has 186 valence electrons. The van der Waals surface area contributed by atoms with Gasteiger partial charge in [-0.25, -0.2) is 0 Å². The Morgan fingerprint density at radius 3 is 1.51 bits per heavy atom. The Morgan fingerprint density at radius 1 is 0.600 bits per heavy atom. The summed E-state index contributed by atoms with van der Waals surface area (Å²) < 4.78 is 8.89. The number of nitrogens with zero attached hydrogens (tertiary/aromatic N) is 1. The molecule has 0 radical (unpaired) electrons. The molecule has 3 aromatic carbocycles. The van der Waals surface area contributed by atoms with Crippen LogP contribution in [0, 0.1) is 20.8 Å². The van der Waals surface area contributed by atoms with Gasteiger partial charge in [-0.3, -0.25) is 0 Å². The predicted molar refractivity (Wildman–Crippen MR) is 160 cm³/mol. The quantitative estimate of drug-likeness (QED) is 0.157. The molecule has 0 spiro atoms. The van der Waals surface area contributed by atoms with E-state index in [0.717, 1.165) is 0 Å². The van der Waals surface area contributed by atoms with Crippen molar-refractivity contribution in [2.24, 2.45) is 0 Å². The number of hydrogen-bond donors (Lipinski definition) is 0. The Hall–Kier alpha value is -1.74. The molecule has 0 aliphatic rings. The zero-order chi connectivity index (χ0) is 25.0. The molecule has 0 fully saturated rings. The molecule has 1 heterocycles. The topological polar surface area (TPSA) is 4.93 Å². The van der Waals surface area contributed by atoms with Gasteiger partial charge in [-0.2, -0.15) is 0 Å². The van der Waals surface area contributed by atoms with Crippen molar-refractivity contribution >= 4 is 43.8 Å². The summed E-state index contributed by atoms with van der Waals surface area (Å²) in [7, 11) is 0. The van der Waals surface area contributed by atoms with Gasteiger partial charge >= 0.3 is 219 Å². The van der Waals surface area contributed by atoms with Gasteiger partial charge in [0.1, 0.15) is 0 Å². The van der Waals surface area contributed by atoms with E-state index in [4.69, 9.17) is 0 Å². The minimum absolute atomic E-state index is 1.32. The van der Waals surface area contributed by atoms with E-state index >= 15 is 0 Å². The van der Waals surface area contributed by atoms with E-state index in [0.29, 0.717) is 0 Å². The summed E-state index contributed by atoms with van der Waals surface area (Å²) in [5, 5.41) is 2.74. The average Bonchev–Trinajstić information content (AvgIpc) is 3.16. The van der Waals surface area contributed by atoms with E-state index in [1.54, 1.807) is 5.56 Å². The monoisotopic (exact) mass is 575 g/mol. The fourth-order valence-electron chi connectivity index (χ4n) is 6.24. The Kier molecular flexibility index (Phi) is 8.68. The van der Waals surface area contributed by atoms with E-state index in [-0.39, 0.29) is 0 Å². The third kappa shape index (κ3) is 5.36. The molecule has 35 heavy (non-hydrogen) atoms. The van der Waals surface area contributed by atoms with Gasteiger partial charge in [0.05, 0.1) is 0 Å². The van der Waals surface area contributed by atoms with Gasteiger partial charge in [0.15, 0.2) is 0 Å². The maximum atomic E-state index is 2.59. The second-order valence-electron chi connectivity index (χ2n) is 11.0. The summed E-state index contributed by atoms with van der Waals surface area (Å²) in [4.78, 5) is 0. The molecule has 0 amide bonds. The second kappa shape index (κ2) is 11.5. The zero-order valence-electron chi connectivity index (χ0n) is 23.0. The van der Waals surface area contributed by atoms with Gasteiger partial charge in [0.25, 0.3) is 0 Å². The Labute approximate surface area is 217 Å². The predicted octanol–water partition coefficient (Wildman–Crippen LogP) is 9.77. The standard InChI is InChI=1S/C21H18N.3C4H9.Sn/c1-14-5-4-6-17(11-14)22-20-9-7-15(2)12-18(20)19-13-16(3)8-10-21(19)22;3*1-3-4-2;/h4,6-13H,1-3H3;3*1,3-4H2,2H3;. The first-order valence-electron chi connectivity index (χ1n) is 14.1. The van der Waals surface area contributed by atoms with Crippen molar-refractivity contribution in [1.29, 1.82) is 0 Å². The first-order valence-corrected chi connectivity index (χ1v) is 21.5. The van der Waals surface area contributed by atoms with Crippen molar-refractivity contribution in [1.82, 2.24) is 4.57 Å². The molecule has 4 aromatic rings. The number of aryl methyl sites for hydroxylation is 3. The minimum atomic E-state index is -2.46. The number of unbranched alkanes of at least 4 members (excludes halogenated alkanes) is 3. The van der Waals surface area contributed by atoms with Crippen LogP contribution in [-0.4, -0.2) is 22.9 Å². The summed E-state index contributed by atoms with van der Waals surface area (Å²) in [6.07, 6.45) is 8.22. The number of rotatable bonds is 11. The van der Waals surface area contributed by atoms with Gasteiger partial charge in [-0.1, -0.05) is 0 Å². The van der Waals surface area contributed by atoms with E-state index in [1.807, 2.05) is 3.58 Å². The number of fused-ring (bicyclic) bond motifs is 3. The van der Waals surface area contributed by atoms with Crippen LogP contribution in [0.15, 0.2) is 54.6 Å². The summed E-state index contributed by atoms with van der Waals surface area (Å²) in [6.45, 7) is 13.9. The average molecular weight is 574 g/mol. The fraction of sp³-hybridized carbons (Fsp3) is 0.455. The molecular formula is C33H45NSn. The molecule has 0 saturated heterocycles. The van der Waals surface area contributed by atoms with Crippen molar-refractivity contribution in [2.75, 3.05) is 0 Å². The van der Waals surface area contributed by atoms with Crippen LogP contribution in [0.4, 0.5) is 0 Å². The maximum absolute atomic E-state index is 2.59. The zero-order valence-corrected chi connectivity index (χ0v) is 25.9. The Morgan fingerprint density at radius 2 is 1.09 bits per heavy atom. The van der Waals surface area contributed by atoms with Crippen molar-refractivity contribution in [3.63, 3.8) is 0 Å². The third-order valence-electron chi connectivity index (χ3n) is 8.14. The van der Waals surface area contributed by atoms with E-state index in [1.165, 1.54) is 90.5 Å². The van der Waals surface area contributed by atoms with Crippen LogP contribution < -0.4 is 3.58 Å². The molecule has 0 aliphatic heterocycles. The number of hydrogen-bond acceptors (Lipinski definition) is 0. The molecule has 0 unspecified atom stereocenters. The van der Waals surface area contributed by atoms with Crippen molar-refractivity contribution in [2.45, 2.75) is 93.4 Å². The van der Waals surface area contributed by atoms with Crippen LogP contribution in [0.5, 0.6) is 0 Å². The molecule has 1 aromatic heterocycles. The van der Waals surface area contributed by atoms with Gasteiger partial charge in [-0.05, 0) is 0 Å². The van der Waals surface area contributed by atoms with Gasteiger partial charge in [0, 0.05) is 0 Å². The molecule has 0 aliphatic carbocycles. The first-order chi connectivity index (χ1) is 16.9. The van der Waals surface area contributed by atoms with E-state index < -0.39 is 18.4 Å². The number of aromatic nitrogens is 1. The summed E-state index contributed by atoms with van der Waals surface area (Å²) >= 11 is -2.46. The van der Waals surface area contributed by atoms with Crippen molar-refractivity contribution in [3.05, 3.63) is 71.3 Å². The van der Waals surface area contributed by atoms with Crippen LogP contribution in [0.25, 0.3) is 27.5 Å². The fourth-order valence-corrected chi connectivity index (χ4v) is 23.3. The molecule has 0 bridgehead atoms. The molecule has 4 rings (SSSR count). The van der Waals surface area contributed by atoms with E-state index in [9.17, 15) is 0 Å². The molecule has 0 atom stereocenters. The summed E-state index contributed by atoms with van der Waals surface area (Å²) in [5.74, 6) is 0. The molecule has 0 saturated carbocycles. The van der Waals surface area contributed by atoms with Crippen molar-refractivity contribution < 1.29 is 0 Å². The Balaban J connectivity index is 1.87. The SMILES string of the molecule is CCC[CH2][Sn]([CH2]CCC)([CH2]CCC)[c]1ccc(-n2c3ccc(C)cc3c3cc(C)ccc32)cc1C. The van der Waals surface area contributed by atoms with E-state index in [2.05, 4.69) is 101 Å². The molecule has 2 heteroatoms. The van der Waals surface area contributed by atoms with Crippen LogP contribution in [-0.2, 0) is 0 Å². The molecular weight excluding hydrogens is 529 g/mol. The van der Waals surface area contributed by atoms with Crippen LogP contribution >= 0.6 is 0 Å². The van der Waals surface area contributed by atoms with Gasteiger partial charge in [0.2, 0.25) is 0 Å².